The second kappa shape index (κ2) is 11.2. The van der Waals surface area contributed by atoms with E-state index in [1.165, 1.54) is 6.07 Å². The van der Waals surface area contributed by atoms with Crippen LogP contribution in [0.4, 0.5) is 18.9 Å². The summed E-state index contributed by atoms with van der Waals surface area (Å²) in [6.07, 6.45) is -1.32. The first kappa shape index (κ1) is 28.3. The summed E-state index contributed by atoms with van der Waals surface area (Å²) in [7, 11) is 5.54. The van der Waals surface area contributed by atoms with Crippen molar-refractivity contribution >= 4 is 23.1 Å². The van der Waals surface area contributed by atoms with Crippen molar-refractivity contribution in [2.75, 3.05) is 32.5 Å². The smallest absolute Gasteiger partial charge is 0.383 e. The van der Waals surface area contributed by atoms with Crippen molar-refractivity contribution in [1.82, 2.24) is 29.7 Å². The van der Waals surface area contributed by atoms with Gasteiger partial charge < -0.3 is 10.2 Å². The summed E-state index contributed by atoms with van der Waals surface area (Å²) in [5.41, 5.74) is 3.62. The maximum Gasteiger partial charge on any atom is 0.417 e. The van der Waals surface area contributed by atoms with Gasteiger partial charge in [-0.05, 0) is 57.3 Å². The zero-order valence-corrected chi connectivity index (χ0v) is 23.0. The molecule has 206 valence electrons. The number of ketones is 1. The molecule has 0 amide bonds. The number of benzene rings is 2. The summed E-state index contributed by atoms with van der Waals surface area (Å²) in [4.78, 5) is 15.1. The molecule has 4 aromatic rings. The lowest BCUT2D eigenvalue weighted by molar-refractivity contribution is -0.137. The third-order valence-corrected chi connectivity index (χ3v) is 6.87. The highest BCUT2D eigenvalue weighted by Crippen LogP contribution is 2.39. The standard InChI is InChI=1S/C27H29ClF3N7O/c1-16-6-7-18(10-24(16)38-15-23(34-35-38)20-14-33-37(5)17(20)2)11-25(39)19-12-21(27(29,30)31)26(28)22(13-19)32-8-9-36(3)4/h6-7,10,12-15,32H,8-9,11H2,1-5H3. The minimum Gasteiger partial charge on any atom is -0.383 e. The Bertz CT molecular complexity index is 1510. The van der Waals surface area contributed by atoms with E-state index in [-0.39, 0.29) is 17.7 Å². The largest absolute Gasteiger partial charge is 0.417 e. The Labute approximate surface area is 229 Å². The Morgan fingerprint density at radius 2 is 1.90 bits per heavy atom. The van der Waals surface area contributed by atoms with E-state index in [0.717, 1.165) is 22.9 Å². The fourth-order valence-electron chi connectivity index (χ4n) is 4.09. The number of alkyl halides is 3. The highest BCUT2D eigenvalue weighted by Gasteiger charge is 2.35. The SMILES string of the molecule is Cc1ccc(CC(=O)c2cc(NCCN(C)C)c(Cl)c(C(F)(F)F)c2)cc1-n1cc(-c2cnn(C)c2C)nn1. The van der Waals surface area contributed by atoms with Crippen molar-refractivity contribution in [1.29, 1.82) is 0 Å². The molecule has 0 unspecified atom stereocenters. The fraction of sp³-hybridized carbons (Fsp3) is 0.333. The molecule has 0 bridgehead atoms. The van der Waals surface area contributed by atoms with Gasteiger partial charge in [0.15, 0.2) is 5.78 Å². The van der Waals surface area contributed by atoms with E-state index >= 15 is 0 Å². The third kappa shape index (κ3) is 6.31. The van der Waals surface area contributed by atoms with Crippen molar-refractivity contribution in [2.24, 2.45) is 7.05 Å². The fourth-order valence-corrected chi connectivity index (χ4v) is 4.37. The molecule has 4 rings (SSSR count). The van der Waals surface area contributed by atoms with Gasteiger partial charge >= 0.3 is 6.18 Å². The molecule has 0 fully saturated rings. The van der Waals surface area contributed by atoms with E-state index in [1.54, 1.807) is 33.9 Å². The van der Waals surface area contributed by atoms with Gasteiger partial charge in [0.2, 0.25) is 0 Å². The highest BCUT2D eigenvalue weighted by atomic mass is 35.5. The van der Waals surface area contributed by atoms with Gasteiger partial charge in [-0.15, -0.1) is 5.10 Å². The number of carbonyl (C=O) groups excluding carboxylic acids is 1. The highest BCUT2D eigenvalue weighted by molar-refractivity contribution is 6.34. The molecule has 2 heterocycles. The predicted octanol–water partition coefficient (Wildman–Crippen LogP) is 5.36. The molecule has 0 aliphatic heterocycles. The molecular weight excluding hydrogens is 531 g/mol. The Balaban J connectivity index is 1.62. The molecule has 0 spiro atoms. The number of Topliss-reactive ketones (excluding diaryl/α,β-unsaturated/α-hetero) is 1. The molecule has 39 heavy (non-hydrogen) atoms. The Morgan fingerprint density at radius 1 is 1.15 bits per heavy atom. The van der Waals surface area contributed by atoms with Crippen LogP contribution in [0.25, 0.3) is 16.9 Å². The molecule has 12 heteroatoms. The van der Waals surface area contributed by atoms with Crippen LogP contribution >= 0.6 is 11.6 Å². The molecule has 8 nitrogen and oxygen atoms in total. The predicted molar refractivity (Wildman–Crippen MR) is 145 cm³/mol. The molecular formula is C27H29ClF3N7O. The average molecular weight is 560 g/mol. The van der Waals surface area contributed by atoms with Crippen LogP contribution in [0.15, 0.2) is 42.7 Å². The van der Waals surface area contributed by atoms with Gasteiger partial charge in [0.1, 0.15) is 5.69 Å². The lowest BCUT2D eigenvalue weighted by atomic mass is 9.98. The van der Waals surface area contributed by atoms with Crippen LogP contribution in [-0.4, -0.2) is 62.6 Å². The normalized spacial score (nSPS) is 11.8. The maximum atomic E-state index is 13.7. The van der Waals surface area contributed by atoms with Crippen LogP contribution < -0.4 is 5.32 Å². The zero-order valence-electron chi connectivity index (χ0n) is 22.3. The third-order valence-electron chi connectivity index (χ3n) is 6.46. The van der Waals surface area contributed by atoms with Crippen molar-refractivity contribution in [3.63, 3.8) is 0 Å². The van der Waals surface area contributed by atoms with Gasteiger partial charge in [0.05, 0.1) is 34.4 Å². The number of hydrogen-bond acceptors (Lipinski definition) is 6. The second-order valence-corrected chi connectivity index (χ2v) is 10.0. The van der Waals surface area contributed by atoms with Gasteiger partial charge in [-0.3, -0.25) is 9.48 Å². The molecule has 2 aromatic heterocycles. The topological polar surface area (TPSA) is 80.9 Å². The van der Waals surface area contributed by atoms with E-state index < -0.39 is 22.5 Å². The minimum atomic E-state index is -4.71. The number of halogens is 4. The van der Waals surface area contributed by atoms with E-state index in [9.17, 15) is 18.0 Å². The van der Waals surface area contributed by atoms with Crippen molar-refractivity contribution in [3.8, 4) is 16.9 Å². The molecule has 0 atom stereocenters. The summed E-state index contributed by atoms with van der Waals surface area (Å²) < 4.78 is 44.6. The number of carbonyl (C=O) groups is 1. The monoisotopic (exact) mass is 559 g/mol. The molecule has 0 aliphatic carbocycles. The molecule has 2 aromatic carbocycles. The number of nitrogens with zero attached hydrogens (tertiary/aromatic N) is 6. The van der Waals surface area contributed by atoms with Crippen LogP contribution in [0.2, 0.25) is 5.02 Å². The number of nitrogens with one attached hydrogen (secondary N) is 1. The number of aryl methyl sites for hydroxylation is 2. The maximum absolute atomic E-state index is 13.7. The first-order valence-electron chi connectivity index (χ1n) is 12.2. The number of likely N-dealkylation sites (N-methyl/N-ethyl adjacent to an activating group) is 1. The molecule has 0 aliphatic rings. The van der Waals surface area contributed by atoms with E-state index in [2.05, 4.69) is 20.7 Å². The van der Waals surface area contributed by atoms with E-state index in [0.29, 0.717) is 30.0 Å². The number of hydrogen-bond donors (Lipinski definition) is 1. The van der Waals surface area contributed by atoms with Crippen LogP contribution in [0.1, 0.15) is 32.7 Å². The van der Waals surface area contributed by atoms with E-state index in [1.807, 2.05) is 46.0 Å². The van der Waals surface area contributed by atoms with Crippen LogP contribution in [-0.2, 0) is 19.6 Å². The lowest BCUT2D eigenvalue weighted by Crippen LogP contribution is -2.21. The first-order chi connectivity index (χ1) is 18.3. The van der Waals surface area contributed by atoms with Crippen molar-refractivity contribution < 1.29 is 18.0 Å². The molecule has 0 saturated carbocycles. The summed E-state index contributed by atoms with van der Waals surface area (Å²) >= 11 is 6.08. The average Bonchev–Trinajstić information content (AvgIpc) is 3.47. The summed E-state index contributed by atoms with van der Waals surface area (Å²) in [5.74, 6) is -0.465. The van der Waals surface area contributed by atoms with E-state index in [4.69, 9.17) is 11.6 Å². The van der Waals surface area contributed by atoms with Crippen LogP contribution in [0, 0.1) is 13.8 Å². The summed E-state index contributed by atoms with van der Waals surface area (Å²) in [5, 5.41) is 15.2. The Hall–Kier alpha value is -3.70. The van der Waals surface area contributed by atoms with Gasteiger partial charge in [0.25, 0.3) is 0 Å². The molecule has 0 radical (unpaired) electrons. The summed E-state index contributed by atoms with van der Waals surface area (Å²) in [6, 6.07) is 7.60. The molecule has 1 N–H and O–H groups in total. The van der Waals surface area contributed by atoms with Gasteiger partial charge in [-0.25, -0.2) is 4.68 Å². The van der Waals surface area contributed by atoms with Crippen molar-refractivity contribution in [2.45, 2.75) is 26.4 Å². The van der Waals surface area contributed by atoms with Gasteiger partial charge in [-0.1, -0.05) is 28.9 Å². The zero-order chi connectivity index (χ0) is 28.5. The number of anilines is 1. The minimum absolute atomic E-state index is 0.0714. The van der Waals surface area contributed by atoms with Crippen LogP contribution in [0.3, 0.4) is 0 Å². The van der Waals surface area contributed by atoms with Gasteiger partial charge in [0, 0.05) is 43.4 Å². The molecule has 0 saturated heterocycles. The van der Waals surface area contributed by atoms with Crippen molar-refractivity contribution in [3.05, 3.63) is 75.7 Å². The first-order valence-corrected chi connectivity index (χ1v) is 12.6. The Kier molecular flexibility index (Phi) is 8.12. The number of rotatable bonds is 9. The Morgan fingerprint density at radius 3 is 2.54 bits per heavy atom. The lowest BCUT2D eigenvalue weighted by Gasteiger charge is -2.17. The quantitative estimate of drug-likeness (QED) is 0.278. The summed E-state index contributed by atoms with van der Waals surface area (Å²) in [6.45, 7) is 4.77. The number of aromatic nitrogens is 5. The second-order valence-electron chi connectivity index (χ2n) is 9.65. The van der Waals surface area contributed by atoms with Crippen LogP contribution in [0.5, 0.6) is 0 Å². The van der Waals surface area contributed by atoms with Gasteiger partial charge in [-0.2, -0.15) is 18.3 Å².